The molecule has 9 nitrogen and oxygen atoms in total. The van der Waals surface area contributed by atoms with Crippen molar-refractivity contribution in [2.24, 2.45) is 5.92 Å². The van der Waals surface area contributed by atoms with Gasteiger partial charge in [0.15, 0.2) is 5.65 Å². The van der Waals surface area contributed by atoms with Crippen LogP contribution in [0.25, 0.3) is 55.6 Å². The number of carbonyl (C=O) groups is 1. The minimum absolute atomic E-state index is 0.0315. The molecule has 0 spiro atoms. The summed E-state index contributed by atoms with van der Waals surface area (Å²) in [6.07, 6.45) is 10.4. The number of halogens is 1. The van der Waals surface area contributed by atoms with Crippen molar-refractivity contribution in [2.75, 3.05) is 12.4 Å². The maximum atomic E-state index is 14.3. The van der Waals surface area contributed by atoms with Gasteiger partial charge in [-0.15, -0.1) is 0 Å². The largest absolute Gasteiger partial charge is 0.497 e. The monoisotopic (exact) mass is 519 g/mol. The zero-order valence-corrected chi connectivity index (χ0v) is 20.8. The predicted molar refractivity (Wildman–Crippen MR) is 146 cm³/mol. The lowest BCUT2D eigenvalue weighted by atomic mass is 10.0. The molecule has 1 amide bonds. The summed E-state index contributed by atoms with van der Waals surface area (Å²) >= 11 is 0. The minimum Gasteiger partial charge on any atom is -0.497 e. The molecule has 0 radical (unpaired) electrons. The third-order valence-corrected chi connectivity index (χ3v) is 6.93. The number of anilines is 1. The molecular formula is C29H22FN7O2. The topological polar surface area (TPSA) is 121 Å². The number of H-pyrrole nitrogens is 2. The lowest BCUT2D eigenvalue weighted by Gasteiger charge is -2.07. The SMILES string of the molecule is COc1cc(F)cc(-c2cncc3[nH]c(-c4[nH]nc5ncc(-c6cncc(NC(=O)C7CC7)c6)cc45)cc23)c1. The molecule has 0 aliphatic heterocycles. The van der Waals surface area contributed by atoms with Gasteiger partial charge in [0.25, 0.3) is 0 Å². The van der Waals surface area contributed by atoms with Crippen LogP contribution < -0.4 is 10.1 Å². The quantitative estimate of drug-likeness (QED) is 0.259. The van der Waals surface area contributed by atoms with Gasteiger partial charge in [-0.3, -0.25) is 19.9 Å². The zero-order chi connectivity index (χ0) is 26.5. The Kier molecular flexibility index (Phi) is 5.32. The average Bonchev–Trinajstić information content (AvgIpc) is 3.58. The zero-order valence-electron chi connectivity index (χ0n) is 20.8. The van der Waals surface area contributed by atoms with Crippen molar-refractivity contribution < 1.29 is 13.9 Å². The fraction of sp³-hybridized carbons (Fsp3) is 0.138. The number of aromatic amines is 2. The van der Waals surface area contributed by atoms with E-state index in [2.05, 4.69) is 35.5 Å². The molecule has 5 aromatic heterocycles. The summed E-state index contributed by atoms with van der Waals surface area (Å²) in [7, 11) is 1.51. The Bertz CT molecular complexity index is 1890. The third-order valence-electron chi connectivity index (χ3n) is 6.93. The van der Waals surface area contributed by atoms with Gasteiger partial charge >= 0.3 is 0 Å². The molecule has 1 fully saturated rings. The van der Waals surface area contributed by atoms with Crippen LogP contribution in [0.4, 0.5) is 10.1 Å². The predicted octanol–water partition coefficient (Wildman–Crippen LogP) is 5.73. The Hall–Kier alpha value is -5.12. The summed E-state index contributed by atoms with van der Waals surface area (Å²) < 4.78 is 19.5. The average molecular weight is 520 g/mol. The Morgan fingerprint density at radius 3 is 2.64 bits per heavy atom. The molecule has 192 valence electrons. The van der Waals surface area contributed by atoms with E-state index in [-0.39, 0.29) is 17.6 Å². The standard InChI is InChI=1S/C29H22FN7O2/c1-39-21-6-16(4-19(30)8-21)24-13-32-14-26-22(24)9-25(35-26)27-23-7-18(11-33-28(23)37-36-27)17-5-20(12-31-10-17)34-29(38)15-2-3-15/h4-15,35H,2-3H2,1H3,(H,34,38)(H,33,36,37). The van der Waals surface area contributed by atoms with E-state index in [1.807, 2.05) is 18.2 Å². The Morgan fingerprint density at radius 2 is 1.79 bits per heavy atom. The first-order chi connectivity index (χ1) is 19.1. The van der Waals surface area contributed by atoms with E-state index >= 15 is 0 Å². The molecule has 0 bridgehead atoms. The number of hydrogen-bond acceptors (Lipinski definition) is 6. The van der Waals surface area contributed by atoms with Crippen molar-refractivity contribution in [3.05, 3.63) is 73.2 Å². The Balaban J connectivity index is 1.28. The third kappa shape index (κ3) is 4.25. The highest BCUT2D eigenvalue weighted by molar-refractivity contribution is 6.01. The fourth-order valence-corrected chi connectivity index (χ4v) is 4.77. The van der Waals surface area contributed by atoms with Gasteiger partial charge in [0.2, 0.25) is 5.91 Å². The van der Waals surface area contributed by atoms with Gasteiger partial charge in [-0.05, 0) is 48.7 Å². The fourth-order valence-electron chi connectivity index (χ4n) is 4.77. The van der Waals surface area contributed by atoms with E-state index in [1.54, 1.807) is 37.1 Å². The second-order valence-electron chi connectivity index (χ2n) is 9.63. The molecule has 0 unspecified atom stereocenters. The normalized spacial score (nSPS) is 13.2. The number of aromatic nitrogens is 6. The molecule has 10 heteroatoms. The van der Waals surface area contributed by atoms with Crippen molar-refractivity contribution in [1.82, 2.24) is 30.1 Å². The van der Waals surface area contributed by atoms with Gasteiger partial charge in [0.05, 0.1) is 42.1 Å². The Labute approximate surface area is 221 Å². The minimum atomic E-state index is -0.388. The van der Waals surface area contributed by atoms with Gasteiger partial charge in [0, 0.05) is 58.0 Å². The number of benzene rings is 1. The van der Waals surface area contributed by atoms with E-state index in [1.165, 1.54) is 19.2 Å². The lowest BCUT2D eigenvalue weighted by Crippen LogP contribution is -2.13. The molecule has 6 aromatic rings. The summed E-state index contributed by atoms with van der Waals surface area (Å²) in [6, 6.07) is 10.5. The molecular weight excluding hydrogens is 497 g/mol. The van der Waals surface area contributed by atoms with E-state index in [0.29, 0.717) is 22.6 Å². The first-order valence-electron chi connectivity index (χ1n) is 12.5. The molecule has 5 heterocycles. The second kappa shape index (κ2) is 9.02. The maximum Gasteiger partial charge on any atom is 0.227 e. The molecule has 0 atom stereocenters. The lowest BCUT2D eigenvalue weighted by molar-refractivity contribution is -0.117. The van der Waals surface area contributed by atoms with E-state index < -0.39 is 0 Å². The van der Waals surface area contributed by atoms with Crippen molar-refractivity contribution in [1.29, 1.82) is 0 Å². The number of amides is 1. The number of carbonyl (C=O) groups excluding carboxylic acids is 1. The highest BCUT2D eigenvalue weighted by Crippen LogP contribution is 2.36. The van der Waals surface area contributed by atoms with Gasteiger partial charge in [-0.25, -0.2) is 9.37 Å². The van der Waals surface area contributed by atoms with Crippen LogP contribution in [-0.4, -0.2) is 43.2 Å². The number of nitrogens with zero attached hydrogens (tertiary/aromatic N) is 4. The number of fused-ring (bicyclic) bond motifs is 2. The van der Waals surface area contributed by atoms with Crippen LogP contribution in [0.1, 0.15) is 12.8 Å². The molecule has 0 saturated heterocycles. The van der Waals surface area contributed by atoms with Crippen LogP contribution in [0, 0.1) is 11.7 Å². The van der Waals surface area contributed by atoms with Crippen molar-refractivity contribution in [3.63, 3.8) is 0 Å². The second-order valence-corrected chi connectivity index (χ2v) is 9.63. The molecule has 39 heavy (non-hydrogen) atoms. The number of nitrogens with one attached hydrogen (secondary N) is 3. The van der Waals surface area contributed by atoms with Crippen molar-refractivity contribution >= 4 is 33.5 Å². The smallest absolute Gasteiger partial charge is 0.227 e. The summed E-state index contributed by atoms with van der Waals surface area (Å²) in [6.45, 7) is 0. The molecule has 3 N–H and O–H groups in total. The van der Waals surface area contributed by atoms with Crippen LogP contribution in [0.15, 0.2) is 67.4 Å². The van der Waals surface area contributed by atoms with E-state index in [4.69, 9.17) is 4.74 Å². The molecule has 1 aliphatic carbocycles. The van der Waals surface area contributed by atoms with Crippen LogP contribution in [-0.2, 0) is 4.79 Å². The summed E-state index contributed by atoms with van der Waals surface area (Å²) in [5, 5.41) is 12.1. The van der Waals surface area contributed by atoms with Gasteiger partial charge in [0.1, 0.15) is 11.6 Å². The molecule has 7 rings (SSSR count). The maximum absolute atomic E-state index is 14.3. The van der Waals surface area contributed by atoms with Gasteiger partial charge in [-0.1, -0.05) is 0 Å². The first kappa shape index (κ1) is 23.0. The number of hydrogen-bond donors (Lipinski definition) is 3. The molecule has 1 saturated carbocycles. The summed E-state index contributed by atoms with van der Waals surface area (Å²) in [4.78, 5) is 28.8. The highest BCUT2D eigenvalue weighted by Gasteiger charge is 2.29. The summed E-state index contributed by atoms with van der Waals surface area (Å²) in [5.74, 6) is 0.182. The summed E-state index contributed by atoms with van der Waals surface area (Å²) in [5.41, 5.74) is 6.65. The Morgan fingerprint density at radius 1 is 0.949 bits per heavy atom. The first-order valence-corrected chi connectivity index (χ1v) is 12.5. The van der Waals surface area contributed by atoms with Crippen molar-refractivity contribution in [2.45, 2.75) is 12.8 Å². The molecule has 1 aromatic carbocycles. The van der Waals surface area contributed by atoms with E-state index in [0.717, 1.165) is 57.2 Å². The van der Waals surface area contributed by atoms with Crippen LogP contribution in [0.5, 0.6) is 5.75 Å². The van der Waals surface area contributed by atoms with Gasteiger partial charge in [-0.2, -0.15) is 5.10 Å². The van der Waals surface area contributed by atoms with Crippen LogP contribution in [0.2, 0.25) is 0 Å². The van der Waals surface area contributed by atoms with Crippen LogP contribution >= 0.6 is 0 Å². The van der Waals surface area contributed by atoms with Gasteiger partial charge < -0.3 is 15.0 Å². The number of ether oxygens (including phenoxy) is 1. The highest BCUT2D eigenvalue weighted by atomic mass is 19.1. The number of methoxy groups -OCH3 is 1. The number of pyridine rings is 3. The van der Waals surface area contributed by atoms with Crippen LogP contribution in [0.3, 0.4) is 0 Å². The molecule has 1 aliphatic rings. The van der Waals surface area contributed by atoms with Crippen molar-refractivity contribution in [3.8, 4) is 39.4 Å². The number of rotatable bonds is 6. The van der Waals surface area contributed by atoms with E-state index in [9.17, 15) is 9.18 Å².